The molecular weight excluding hydrogens is 621 g/mol. The first-order chi connectivity index (χ1) is 19.5. The molecule has 43 heavy (non-hydrogen) atoms. The maximum absolute atomic E-state index is 14.2. The molecular formula is C29H40Cl2F2N6O3S. The molecule has 2 heterocycles. The van der Waals surface area contributed by atoms with Crippen LogP contribution in [-0.2, 0) is 16.6 Å². The van der Waals surface area contributed by atoms with Crippen molar-refractivity contribution in [2.75, 3.05) is 32.0 Å². The molecule has 2 aromatic carbocycles. The number of anilines is 1. The number of rotatable bonds is 10. The Kier molecular flexibility index (Phi) is 13.4. The van der Waals surface area contributed by atoms with Crippen LogP contribution in [0.3, 0.4) is 0 Å². The smallest absolute Gasteiger partial charge is 0.321 e. The first-order valence-electron chi connectivity index (χ1n) is 13.9. The Morgan fingerprint density at radius 2 is 1.72 bits per heavy atom. The number of hydrogen-bond acceptors (Lipinski definition) is 5. The van der Waals surface area contributed by atoms with Gasteiger partial charge in [0.05, 0.1) is 22.0 Å². The van der Waals surface area contributed by atoms with Crippen molar-refractivity contribution in [3.63, 3.8) is 0 Å². The summed E-state index contributed by atoms with van der Waals surface area (Å²) in [7, 11) is -2.13. The summed E-state index contributed by atoms with van der Waals surface area (Å²) in [6.45, 7) is 8.87. The lowest BCUT2D eigenvalue weighted by Gasteiger charge is -2.38. The number of nitrogens with zero attached hydrogens (tertiary/aromatic N) is 4. The SMILES string of the molecule is CCCCN(C(=O)Nc1ccc(F)cc1F)C1CCN(Cc2c(C)nn(-c3ccc(S(=O)(=O)NC)cc3)c2C)CC1.Cl.Cl. The first-order valence-corrected chi connectivity index (χ1v) is 15.4. The number of urea groups is 1. The number of carbonyl (C=O) groups is 1. The largest absolute Gasteiger partial charge is 0.322 e. The summed E-state index contributed by atoms with van der Waals surface area (Å²) in [6, 6.07) is 9.39. The summed E-state index contributed by atoms with van der Waals surface area (Å²) in [5.41, 5.74) is 3.75. The lowest BCUT2D eigenvalue weighted by Crippen LogP contribution is -2.49. The van der Waals surface area contributed by atoms with Crippen LogP contribution in [0.15, 0.2) is 47.4 Å². The van der Waals surface area contributed by atoms with E-state index >= 15 is 0 Å². The maximum atomic E-state index is 14.2. The van der Waals surface area contributed by atoms with Gasteiger partial charge in [-0.05, 0) is 76.6 Å². The number of likely N-dealkylation sites (tertiary alicyclic amines) is 1. The second-order valence-electron chi connectivity index (χ2n) is 10.4. The molecule has 0 atom stereocenters. The van der Waals surface area contributed by atoms with Gasteiger partial charge in [-0.2, -0.15) is 5.10 Å². The van der Waals surface area contributed by atoms with Crippen LogP contribution in [0.4, 0.5) is 19.3 Å². The zero-order valence-corrected chi connectivity index (χ0v) is 27.2. The van der Waals surface area contributed by atoms with Gasteiger partial charge < -0.3 is 10.2 Å². The zero-order valence-electron chi connectivity index (χ0n) is 24.8. The minimum absolute atomic E-state index is 0. The van der Waals surface area contributed by atoms with E-state index in [0.29, 0.717) is 13.1 Å². The lowest BCUT2D eigenvalue weighted by molar-refractivity contribution is 0.122. The first kappa shape index (κ1) is 36.4. The molecule has 1 saturated heterocycles. The number of aryl methyl sites for hydroxylation is 1. The topological polar surface area (TPSA) is 99.6 Å². The Morgan fingerprint density at radius 1 is 1.07 bits per heavy atom. The highest BCUT2D eigenvalue weighted by Gasteiger charge is 2.29. The quantitative estimate of drug-likeness (QED) is 0.286. The van der Waals surface area contributed by atoms with Gasteiger partial charge in [0.2, 0.25) is 10.0 Å². The number of amides is 2. The van der Waals surface area contributed by atoms with E-state index in [1.54, 1.807) is 29.2 Å². The molecule has 0 unspecified atom stereocenters. The summed E-state index contributed by atoms with van der Waals surface area (Å²) in [5.74, 6) is -1.49. The van der Waals surface area contributed by atoms with Gasteiger partial charge in [-0.15, -0.1) is 24.8 Å². The third-order valence-electron chi connectivity index (χ3n) is 7.67. The Labute approximate surface area is 264 Å². The second-order valence-corrected chi connectivity index (χ2v) is 12.3. The second kappa shape index (κ2) is 15.8. The molecule has 1 aromatic heterocycles. The zero-order chi connectivity index (χ0) is 29.7. The highest BCUT2D eigenvalue weighted by molar-refractivity contribution is 7.89. The van der Waals surface area contributed by atoms with E-state index in [1.165, 1.54) is 13.1 Å². The molecule has 238 valence electrons. The molecule has 0 saturated carbocycles. The average molecular weight is 662 g/mol. The third-order valence-corrected chi connectivity index (χ3v) is 9.10. The van der Waals surface area contributed by atoms with E-state index in [0.717, 1.165) is 73.5 Å². The fourth-order valence-electron chi connectivity index (χ4n) is 5.21. The minimum atomic E-state index is -3.52. The average Bonchev–Trinajstić information content (AvgIpc) is 3.24. The predicted octanol–water partition coefficient (Wildman–Crippen LogP) is 5.82. The normalized spacial score (nSPS) is 14.1. The fourth-order valence-corrected chi connectivity index (χ4v) is 5.94. The molecule has 1 aliphatic rings. The fraction of sp³-hybridized carbons (Fsp3) is 0.448. The van der Waals surface area contributed by atoms with E-state index < -0.39 is 21.7 Å². The van der Waals surface area contributed by atoms with E-state index in [4.69, 9.17) is 5.10 Å². The van der Waals surface area contributed by atoms with Gasteiger partial charge >= 0.3 is 6.03 Å². The number of halogens is 4. The Bertz CT molecular complexity index is 1480. The van der Waals surface area contributed by atoms with Crippen molar-refractivity contribution in [2.24, 2.45) is 0 Å². The van der Waals surface area contributed by atoms with Crippen LogP contribution >= 0.6 is 24.8 Å². The van der Waals surface area contributed by atoms with Crippen molar-refractivity contribution in [1.29, 1.82) is 0 Å². The van der Waals surface area contributed by atoms with Crippen LogP contribution < -0.4 is 10.0 Å². The maximum Gasteiger partial charge on any atom is 0.322 e. The molecule has 14 heteroatoms. The molecule has 2 N–H and O–H groups in total. The monoisotopic (exact) mass is 660 g/mol. The molecule has 9 nitrogen and oxygen atoms in total. The van der Waals surface area contributed by atoms with Gasteiger partial charge in [0.1, 0.15) is 11.6 Å². The van der Waals surface area contributed by atoms with Crippen LogP contribution in [-0.4, -0.2) is 66.8 Å². The molecule has 1 aliphatic heterocycles. The molecule has 4 rings (SSSR count). The van der Waals surface area contributed by atoms with Gasteiger partial charge in [0.15, 0.2) is 0 Å². The molecule has 0 bridgehead atoms. The summed E-state index contributed by atoms with van der Waals surface area (Å²) in [5, 5.41) is 7.35. The standard InChI is InChI=1S/C29H38F2N6O3S.2ClH/c1-5-6-15-36(29(38)33-28-12-7-22(30)18-27(28)31)23-13-16-35(17-14-23)19-26-20(2)34-37(21(26)3)24-8-10-25(11-9-24)41(39,40)32-4;;/h7-12,18,23,32H,5-6,13-17,19H2,1-4H3,(H,33,38);2*1H. The van der Waals surface area contributed by atoms with Crippen molar-refractivity contribution >= 4 is 46.6 Å². The van der Waals surface area contributed by atoms with Crippen LogP contribution in [0.1, 0.15) is 49.6 Å². The number of nitrogens with one attached hydrogen (secondary N) is 2. The number of benzene rings is 2. The van der Waals surface area contributed by atoms with Crippen LogP contribution in [0.5, 0.6) is 0 Å². The van der Waals surface area contributed by atoms with Crippen molar-refractivity contribution < 1.29 is 22.0 Å². The third kappa shape index (κ3) is 8.66. The Hall–Kier alpha value is -2.77. The number of hydrogen-bond donors (Lipinski definition) is 2. The van der Waals surface area contributed by atoms with Gasteiger partial charge in [-0.1, -0.05) is 13.3 Å². The molecule has 1 fully saturated rings. The summed E-state index contributed by atoms with van der Waals surface area (Å²) in [6.07, 6.45) is 3.30. The predicted molar refractivity (Wildman–Crippen MR) is 169 cm³/mol. The number of unbranched alkanes of at least 4 members (excludes halogenated alkanes) is 1. The van der Waals surface area contributed by atoms with Crippen LogP contribution in [0.25, 0.3) is 5.69 Å². The highest BCUT2D eigenvalue weighted by atomic mass is 35.5. The number of piperidine rings is 1. The minimum Gasteiger partial charge on any atom is -0.321 e. The van der Waals surface area contributed by atoms with Crippen LogP contribution in [0.2, 0.25) is 0 Å². The molecule has 3 aromatic rings. The van der Waals surface area contributed by atoms with Gasteiger partial charge in [0.25, 0.3) is 0 Å². The molecule has 0 spiro atoms. The number of sulfonamides is 1. The number of aromatic nitrogens is 2. The van der Waals surface area contributed by atoms with Gasteiger partial charge in [-0.25, -0.2) is 31.4 Å². The van der Waals surface area contributed by atoms with Crippen molar-refractivity contribution in [2.45, 2.75) is 63.9 Å². The summed E-state index contributed by atoms with van der Waals surface area (Å²) >= 11 is 0. The Morgan fingerprint density at radius 3 is 2.30 bits per heavy atom. The lowest BCUT2D eigenvalue weighted by atomic mass is 10.0. The van der Waals surface area contributed by atoms with E-state index in [1.807, 2.05) is 18.5 Å². The highest BCUT2D eigenvalue weighted by Crippen LogP contribution is 2.25. The van der Waals surface area contributed by atoms with Crippen molar-refractivity contribution in [1.82, 2.24) is 24.3 Å². The van der Waals surface area contributed by atoms with E-state index in [2.05, 4.69) is 21.9 Å². The molecule has 0 aliphatic carbocycles. The number of carbonyl (C=O) groups excluding carboxylic acids is 1. The van der Waals surface area contributed by atoms with E-state index in [-0.39, 0.29) is 47.5 Å². The summed E-state index contributed by atoms with van der Waals surface area (Å²) in [4.78, 5) is 17.5. The summed E-state index contributed by atoms with van der Waals surface area (Å²) < 4.78 is 55.8. The van der Waals surface area contributed by atoms with Crippen molar-refractivity contribution in [3.05, 3.63) is 71.1 Å². The van der Waals surface area contributed by atoms with Gasteiger partial charge in [-0.3, -0.25) is 4.90 Å². The Balaban J connectivity index is 0.00000323. The van der Waals surface area contributed by atoms with Gasteiger partial charge in [0, 0.05) is 49.5 Å². The molecule has 0 radical (unpaired) electrons. The van der Waals surface area contributed by atoms with Crippen LogP contribution in [0, 0.1) is 25.5 Å². The molecule has 2 amide bonds. The van der Waals surface area contributed by atoms with Crippen molar-refractivity contribution in [3.8, 4) is 5.69 Å². The van der Waals surface area contributed by atoms with E-state index in [9.17, 15) is 22.0 Å².